The SMILES string of the molecule is CCn1c(C(C)NC(=O)CNC(=O)c2ccccc2I)nc2ccccc21. The zero-order valence-corrected chi connectivity index (χ0v) is 17.4. The van der Waals surface area contributed by atoms with Crippen LogP contribution in [0.15, 0.2) is 48.5 Å². The van der Waals surface area contributed by atoms with Crippen molar-refractivity contribution in [2.75, 3.05) is 6.54 Å². The quantitative estimate of drug-likeness (QED) is 0.537. The third kappa shape index (κ3) is 4.29. The average Bonchev–Trinajstić information content (AvgIpc) is 3.05. The second-order valence-corrected chi connectivity index (χ2v) is 7.32. The highest BCUT2D eigenvalue weighted by atomic mass is 127. The molecule has 0 aliphatic heterocycles. The Kier molecular flexibility index (Phi) is 6.10. The number of carbonyl (C=O) groups is 2. The number of benzene rings is 2. The van der Waals surface area contributed by atoms with Crippen LogP contribution in [0.1, 0.15) is 36.1 Å². The van der Waals surface area contributed by atoms with Crippen molar-refractivity contribution < 1.29 is 9.59 Å². The molecule has 2 N–H and O–H groups in total. The van der Waals surface area contributed by atoms with Crippen LogP contribution in [-0.2, 0) is 11.3 Å². The van der Waals surface area contributed by atoms with Crippen molar-refractivity contribution in [3.05, 3.63) is 63.5 Å². The number of carbonyl (C=O) groups excluding carboxylic acids is 2. The van der Waals surface area contributed by atoms with Gasteiger partial charge in [-0.3, -0.25) is 9.59 Å². The summed E-state index contributed by atoms with van der Waals surface area (Å²) in [6.07, 6.45) is 0. The monoisotopic (exact) mass is 476 g/mol. The molecule has 1 heterocycles. The lowest BCUT2D eigenvalue weighted by atomic mass is 10.2. The first-order chi connectivity index (χ1) is 13.0. The highest BCUT2D eigenvalue weighted by molar-refractivity contribution is 14.1. The fourth-order valence-corrected chi connectivity index (χ4v) is 3.65. The third-order valence-corrected chi connectivity index (χ3v) is 5.23. The fourth-order valence-electron chi connectivity index (χ4n) is 3.02. The van der Waals surface area contributed by atoms with Gasteiger partial charge < -0.3 is 15.2 Å². The smallest absolute Gasteiger partial charge is 0.252 e. The minimum atomic E-state index is -0.265. The van der Waals surface area contributed by atoms with E-state index >= 15 is 0 Å². The van der Waals surface area contributed by atoms with Gasteiger partial charge in [-0.1, -0.05) is 24.3 Å². The zero-order chi connectivity index (χ0) is 19.4. The Hall–Kier alpha value is -2.42. The van der Waals surface area contributed by atoms with Crippen LogP contribution in [0.2, 0.25) is 0 Å². The van der Waals surface area contributed by atoms with Gasteiger partial charge in [-0.2, -0.15) is 0 Å². The molecule has 7 heteroatoms. The minimum absolute atomic E-state index is 0.0828. The Bertz CT molecular complexity index is 983. The number of fused-ring (bicyclic) bond motifs is 1. The summed E-state index contributed by atoms with van der Waals surface area (Å²) in [4.78, 5) is 29.2. The summed E-state index contributed by atoms with van der Waals surface area (Å²) in [5, 5.41) is 5.58. The minimum Gasteiger partial charge on any atom is -0.345 e. The van der Waals surface area contributed by atoms with Crippen LogP contribution in [-0.4, -0.2) is 27.9 Å². The van der Waals surface area contributed by atoms with E-state index in [1.54, 1.807) is 12.1 Å². The van der Waals surface area contributed by atoms with Gasteiger partial charge >= 0.3 is 0 Å². The lowest BCUT2D eigenvalue weighted by Gasteiger charge is -2.15. The van der Waals surface area contributed by atoms with Gasteiger partial charge in [-0.05, 0) is 60.7 Å². The summed E-state index contributed by atoms with van der Waals surface area (Å²) in [5.41, 5.74) is 2.51. The Morgan fingerprint density at radius 1 is 1.15 bits per heavy atom. The summed E-state index contributed by atoms with van der Waals surface area (Å²) in [6.45, 7) is 4.63. The third-order valence-electron chi connectivity index (χ3n) is 4.29. The lowest BCUT2D eigenvalue weighted by molar-refractivity contribution is -0.120. The van der Waals surface area contributed by atoms with E-state index in [0.717, 1.165) is 27.0 Å². The van der Waals surface area contributed by atoms with E-state index in [1.165, 1.54) is 0 Å². The van der Waals surface area contributed by atoms with E-state index < -0.39 is 0 Å². The molecule has 2 amide bonds. The number of para-hydroxylation sites is 2. The van der Waals surface area contributed by atoms with Crippen molar-refractivity contribution in [3.63, 3.8) is 0 Å². The molecule has 0 saturated heterocycles. The number of halogens is 1. The topological polar surface area (TPSA) is 76.0 Å². The van der Waals surface area contributed by atoms with Gasteiger partial charge in [0.05, 0.1) is 29.2 Å². The Morgan fingerprint density at radius 3 is 2.59 bits per heavy atom. The first-order valence-electron chi connectivity index (χ1n) is 8.78. The standard InChI is InChI=1S/C20H21IN4O2/c1-3-25-17-11-7-6-10-16(17)24-19(25)13(2)23-18(26)12-22-20(27)14-8-4-5-9-15(14)21/h4-11,13H,3,12H2,1-2H3,(H,22,27)(H,23,26). The number of nitrogens with zero attached hydrogens (tertiary/aromatic N) is 2. The normalized spacial score (nSPS) is 12.0. The van der Waals surface area contributed by atoms with Crippen molar-refractivity contribution in [1.82, 2.24) is 20.2 Å². The maximum atomic E-state index is 12.3. The molecule has 0 saturated carbocycles. The van der Waals surface area contributed by atoms with Crippen LogP contribution >= 0.6 is 22.6 Å². The van der Waals surface area contributed by atoms with Gasteiger partial charge in [-0.15, -0.1) is 0 Å². The first-order valence-corrected chi connectivity index (χ1v) is 9.86. The molecule has 0 radical (unpaired) electrons. The molecule has 1 aromatic heterocycles. The highest BCUT2D eigenvalue weighted by Gasteiger charge is 2.18. The lowest BCUT2D eigenvalue weighted by Crippen LogP contribution is -2.38. The van der Waals surface area contributed by atoms with Crippen LogP contribution in [0, 0.1) is 3.57 Å². The maximum Gasteiger partial charge on any atom is 0.252 e. The first kappa shape index (κ1) is 19.3. The molecule has 27 heavy (non-hydrogen) atoms. The molecule has 2 aromatic carbocycles. The molecule has 140 valence electrons. The van der Waals surface area contributed by atoms with E-state index in [-0.39, 0.29) is 24.4 Å². The van der Waals surface area contributed by atoms with E-state index in [9.17, 15) is 9.59 Å². The fraction of sp³-hybridized carbons (Fsp3) is 0.250. The van der Waals surface area contributed by atoms with E-state index in [1.807, 2.05) is 50.2 Å². The molecule has 0 fully saturated rings. The maximum absolute atomic E-state index is 12.3. The second kappa shape index (κ2) is 8.51. The summed E-state index contributed by atoms with van der Waals surface area (Å²) in [7, 11) is 0. The van der Waals surface area contributed by atoms with Crippen molar-refractivity contribution >= 4 is 45.4 Å². The predicted molar refractivity (Wildman–Crippen MR) is 113 cm³/mol. The second-order valence-electron chi connectivity index (χ2n) is 6.15. The number of hydrogen-bond donors (Lipinski definition) is 2. The molecule has 3 rings (SSSR count). The Labute approximate surface area is 171 Å². The summed E-state index contributed by atoms with van der Waals surface area (Å²) in [5.74, 6) is 0.288. The number of rotatable bonds is 6. The molecule has 3 aromatic rings. The van der Waals surface area contributed by atoms with Crippen molar-refractivity contribution in [2.24, 2.45) is 0 Å². The molecule has 0 aliphatic rings. The van der Waals surface area contributed by atoms with Crippen molar-refractivity contribution in [2.45, 2.75) is 26.4 Å². The Balaban J connectivity index is 1.64. The van der Waals surface area contributed by atoms with Gasteiger partial charge in [-0.25, -0.2) is 4.98 Å². The van der Waals surface area contributed by atoms with Crippen LogP contribution in [0.4, 0.5) is 0 Å². The molecule has 0 spiro atoms. The van der Waals surface area contributed by atoms with E-state index in [2.05, 4.69) is 42.8 Å². The zero-order valence-electron chi connectivity index (χ0n) is 15.2. The van der Waals surface area contributed by atoms with Crippen LogP contribution in [0.5, 0.6) is 0 Å². The number of imidazole rings is 1. The highest BCUT2D eigenvalue weighted by Crippen LogP contribution is 2.20. The molecule has 0 bridgehead atoms. The Morgan fingerprint density at radius 2 is 1.85 bits per heavy atom. The van der Waals surface area contributed by atoms with Gasteiger partial charge in [0.1, 0.15) is 5.82 Å². The largest absolute Gasteiger partial charge is 0.345 e. The number of nitrogens with one attached hydrogen (secondary N) is 2. The number of aromatic nitrogens is 2. The van der Waals surface area contributed by atoms with Crippen LogP contribution in [0.3, 0.4) is 0 Å². The summed E-state index contributed by atoms with van der Waals surface area (Å²) in [6, 6.07) is 14.9. The summed E-state index contributed by atoms with van der Waals surface area (Å²) < 4.78 is 2.93. The average molecular weight is 476 g/mol. The van der Waals surface area contributed by atoms with E-state index in [4.69, 9.17) is 0 Å². The van der Waals surface area contributed by atoms with Gasteiger partial charge in [0.2, 0.25) is 5.91 Å². The molecule has 1 unspecified atom stereocenters. The molecule has 6 nitrogen and oxygen atoms in total. The number of amides is 2. The number of aryl methyl sites for hydroxylation is 1. The van der Waals surface area contributed by atoms with Crippen molar-refractivity contribution in [1.29, 1.82) is 0 Å². The number of hydrogen-bond acceptors (Lipinski definition) is 3. The van der Waals surface area contributed by atoms with Gasteiger partial charge in [0.25, 0.3) is 5.91 Å². The van der Waals surface area contributed by atoms with E-state index in [0.29, 0.717) is 5.56 Å². The summed E-state index contributed by atoms with van der Waals surface area (Å²) >= 11 is 2.10. The van der Waals surface area contributed by atoms with Crippen LogP contribution in [0.25, 0.3) is 11.0 Å². The predicted octanol–water partition coefficient (Wildman–Crippen LogP) is 3.27. The van der Waals surface area contributed by atoms with Crippen molar-refractivity contribution in [3.8, 4) is 0 Å². The molecular formula is C20H21IN4O2. The molecule has 0 aliphatic carbocycles. The molecule has 1 atom stereocenters. The van der Waals surface area contributed by atoms with Crippen LogP contribution < -0.4 is 10.6 Å². The van der Waals surface area contributed by atoms with Gasteiger partial charge in [0, 0.05) is 10.1 Å². The van der Waals surface area contributed by atoms with Gasteiger partial charge in [0.15, 0.2) is 0 Å². The molecular weight excluding hydrogens is 455 g/mol.